The highest BCUT2D eigenvalue weighted by Gasteiger charge is 2.34. The van der Waals surface area contributed by atoms with Crippen molar-refractivity contribution in [3.05, 3.63) is 40.9 Å². The fraction of sp³-hybridized carbons (Fsp3) is 0.542. The smallest absolute Gasteiger partial charge is 0.234 e. The first-order valence-electron chi connectivity index (χ1n) is 11.5. The van der Waals surface area contributed by atoms with Crippen molar-refractivity contribution in [1.29, 1.82) is 0 Å². The zero-order valence-electron chi connectivity index (χ0n) is 19.3. The van der Waals surface area contributed by atoms with Gasteiger partial charge in [0.15, 0.2) is 5.11 Å². The molecule has 9 heteroatoms. The van der Waals surface area contributed by atoms with Crippen molar-refractivity contribution in [3.8, 4) is 5.88 Å². The van der Waals surface area contributed by atoms with Crippen LogP contribution in [0.25, 0.3) is 0 Å². The van der Waals surface area contributed by atoms with Crippen LogP contribution in [0.4, 0.5) is 11.8 Å². The molecule has 2 saturated heterocycles. The number of aromatic nitrogens is 2. The molecule has 33 heavy (non-hydrogen) atoms. The largest absolute Gasteiger partial charge is 0.481 e. The molecule has 2 fully saturated rings. The molecule has 1 atom stereocenters. The van der Waals surface area contributed by atoms with Gasteiger partial charge >= 0.3 is 0 Å². The summed E-state index contributed by atoms with van der Waals surface area (Å²) in [5.41, 5.74) is 1.17. The highest BCUT2D eigenvalue weighted by molar-refractivity contribution is 7.80. The standard InChI is InChI=1S/C24H32ClN5O2S/c1-17-4-3-11-30(15-17)20-14-21(31-2)28-22(27-20)29-23(33)26-16-24(9-12-32-13-10-24)18-5-7-19(25)8-6-18/h5-8,14,17H,3-4,9-13,15-16H2,1-2H3,(H2,26,27,28,29,33). The maximum Gasteiger partial charge on any atom is 0.234 e. The molecule has 0 spiro atoms. The molecule has 0 saturated carbocycles. The van der Waals surface area contributed by atoms with Gasteiger partial charge in [-0.1, -0.05) is 30.7 Å². The van der Waals surface area contributed by atoms with Gasteiger partial charge in [-0.25, -0.2) is 0 Å². The lowest BCUT2D eigenvalue weighted by Gasteiger charge is -2.38. The maximum absolute atomic E-state index is 6.12. The molecular formula is C24H32ClN5O2S. The van der Waals surface area contributed by atoms with Crippen LogP contribution in [0.15, 0.2) is 30.3 Å². The minimum absolute atomic E-state index is 0.0705. The van der Waals surface area contributed by atoms with E-state index >= 15 is 0 Å². The molecule has 7 nitrogen and oxygen atoms in total. The molecular weight excluding hydrogens is 458 g/mol. The topological polar surface area (TPSA) is 71.5 Å². The number of nitrogens with zero attached hydrogens (tertiary/aromatic N) is 3. The van der Waals surface area contributed by atoms with E-state index in [9.17, 15) is 0 Å². The zero-order chi connectivity index (χ0) is 23.3. The van der Waals surface area contributed by atoms with Gasteiger partial charge in [0.2, 0.25) is 11.8 Å². The number of piperidine rings is 1. The average molecular weight is 490 g/mol. The first-order chi connectivity index (χ1) is 16.0. The summed E-state index contributed by atoms with van der Waals surface area (Å²) in [7, 11) is 1.62. The van der Waals surface area contributed by atoms with Gasteiger partial charge in [0.05, 0.1) is 7.11 Å². The van der Waals surface area contributed by atoms with Crippen molar-refractivity contribution in [3.63, 3.8) is 0 Å². The molecule has 1 unspecified atom stereocenters. The van der Waals surface area contributed by atoms with Crippen LogP contribution in [0.2, 0.25) is 5.02 Å². The SMILES string of the molecule is COc1cc(N2CCCC(C)C2)nc(NC(=S)NCC2(c3ccc(Cl)cc3)CCOCC2)n1. The lowest BCUT2D eigenvalue weighted by molar-refractivity contribution is 0.0515. The lowest BCUT2D eigenvalue weighted by atomic mass is 9.74. The van der Waals surface area contributed by atoms with E-state index < -0.39 is 0 Å². The molecule has 178 valence electrons. The summed E-state index contributed by atoms with van der Waals surface area (Å²) in [6.45, 7) is 6.37. The van der Waals surface area contributed by atoms with Crippen LogP contribution >= 0.6 is 23.8 Å². The monoisotopic (exact) mass is 489 g/mol. The minimum Gasteiger partial charge on any atom is -0.481 e. The number of halogens is 1. The molecule has 1 aromatic carbocycles. The number of hydrogen-bond donors (Lipinski definition) is 2. The first-order valence-corrected chi connectivity index (χ1v) is 12.3. The molecule has 2 aliphatic heterocycles. The normalized spacial score (nSPS) is 20.2. The van der Waals surface area contributed by atoms with Crippen molar-refractivity contribution >= 4 is 40.7 Å². The fourth-order valence-electron chi connectivity index (χ4n) is 4.66. The summed E-state index contributed by atoms with van der Waals surface area (Å²) in [5, 5.41) is 7.78. The Bertz CT molecular complexity index is 952. The van der Waals surface area contributed by atoms with Gasteiger partial charge in [0, 0.05) is 49.4 Å². The van der Waals surface area contributed by atoms with E-state index in [4.69, 9.17) is 38.3 Å². The predicted molar refractivity (Wildman–Crippen MR) is 137 cm³/mol. The second-order valence-electron chi connectivity index (χ2n) is 8.99. The van der Waals surface area contributed by atoms with Gasteiger partial charge in [-0.05, 0) is 61.5 Å². The highest BCUT2D eigenvalue weighted by atomic mass is 35.5. The second-order valence-corrected chi connectivity index (χ2v) is 9.84. The molecule has 2 aliphatic rings. The van der Waals surface area contributed by atoms with Crippen molar-refractivity contribution in [2.75, 3.05) is 50.2 Å². The van der Waals surface area contributed by atoms with Gasteiger partial charge in [-0.2, -0.15) is 9.97 Å². The van der Waals surface area contributed by atoms with Crippen LogP contribution in [0, 0.1) is 5.92 Å². The summed E-state index contributed by atoms with van der Waals surface area (Å²) < 4.78 is 11.1. The molecule has 2 aromatic rings. The Balaban J connectivity index is 1.45. The Morgan fingerprint density at radius 3 is 2.73 bits per heavy atom. The van der Waals surface area contributed by atoms with Gasteiger partial charge < -0.3 is 25.0 Å². The van der Waals surface area contributed by atoms with Crippen molar-refractivity contribution in [2.45, 2.75) is 38.0 Å². The molecule has 0 bridgehead atoms. The quantitative estimate of drug-likeness (QED) is 0.578. The first kappa shape index (κ1) is 24.0. The zero-order valence-corrected chi connectivity index (χ0v) is 20.8. The van der Waals surface area contributed by atoms with Crippen LogP contribution < -0.4 is 20.3 Å². The minimum atomic E-state index is -0.0705. The van der Waals surface area contributed by atoms with Gasteiger partial charge in [0.1, 0.15) is 5.82 Å². The fourth-order valence-corrected chi connectivity index (χ4v) is 4.95. The Hall–Kier alpha value is -2.16. The predicted octanol–water partition coefficient (Wildman–Crippen LogP) is 4.41. The van der Waals surface area contributed by atoms with Crippen LogP contribution in [-0.4, -0.2) is 55.0 Å². The molecule has 0 aliphatic carbocycles. The van der Waals surface area contributed by atoms with E-state index in [-0.39, 0.29) is 5.41 Å². The number of nitrogens with one attached hydrogen (secondary N) is 2. The van der Waals surface area contributed by atoms with Crippen LogP contribution in [0.5, 0.6) is 5.88 Å². The van der Waals surface area contributed by atoms with Crippen LogP contribution in [0.1, 0.15) is 38.2 Å². The average Bonchev–Trinajstić information content (AvgIpc) is 2.83. The van der Waals surface area contributed by atoms with E-state index in [1.54, 1.807) is 7.11 Å². The summed E-state index contributed by atoms with van der Waals surface area (Å²) >= 11 is 11.7. The van der Waals surface area contributed by atoms with Crippen molar-refractivity contribution in [2.24, 2.45) is 5.92 Å². The van der Waals surface area contributed by atoms with Crippen LogP contribution in [0.3, 0.4) is 0 Å². The third kappa shape index (κ3) is 6.05. The van der Waals surface area contributed by atoms with E-state index in [2.05, 4.69) is 39.6 Å². The number of benzene rings is 1. The number of hydrogen-bond acceptors (Lipinski definition) is 6. The van der Waals surface area contributed by atoms with Crippen molar-refractivity contribution < 1.29 is 9.47 Å². The summed E-state index contributed by atoms with van der Waals surface area (Å²) in [5.74, 6) is 2.46. The number of thiocarbonyl (C=S) groups is 1. The lowest BCUT2D eigenvalue weighted by Crippen LogP contribution is -2.45. The Morgan fingerprint density at radius 2 is 2.03 bits per heavy atom. The Labute approximate surface area is 206 Å². The molecule has 4 rings (SSSR count). The molecule has 0 radical (unpaired) electrons. The van der Waals surface area contributed by atoms with E-state index in [0.29, 0.717) is 29.4 Å². The van der Waals surface area contributed by atoms with Crippen molar-refractivity contribution in [1.82, 2.24) is 15.3 Å². The Morgan fingerprint density at radius 1 is 1.27 bits per heavy atom. The number of rotatable bonds is 6. The third-order valence-electron chi connectivity index (χ3n) is 6.60. The molecule has 0 amide bonds. The van der Waals surface area contributed by atoms with Gasteiger partial charge in [0.25, 0.3) is 0 Å². The summed E-state index contributed by atoms with van der Waals surface area (Å²) in [6, 6.07) is 9.97. The number of anilines is 2. The summed E-state index contributed by atoms with van der Waals surface area (Å²) in [4.78, 5) is 11.5. The molecule has 2 N–H and O–H groups in total. The number of methoxy groups -OCH3 is 1. The van der Waals surface area contributed by atoms with Crippen LogP contribution in [-0.2, 0) is 10.2 Å². The van der Waals surface area contributed by atoms with E-state index in [1.165, 1.54) is 12.0 Å². The number of ether oxygens (including phenoxy) is 2. The maximum atomic E-state index is 6.12. The van der Waals surface area contributed by atoms with E-state index in [0.717, 1.165) is 56.4 Å². The van der Waals surface area contributed by atoms with Gasteiger partial charge in [-0.15, -0.1) is 0 Å². The molecule has 3 heterocycles. The molecule has 1 aromatic heterocycles. The summed E-state index contributed by atoms with van der Waals surface area (Å²) in [6.07, 6.45) is 4.24. The van der Waals surface area contributed by atoms with Gasteiger partial charge in [-0.3, -0.25) is 0 Å². The third-order valence-corrected chi connectivity index (χ3v) is 7.10. The highest BCUT2D eigenvalue weighted by Crippen LogP contribution is 2.35. The second kappa shape index (κ2) is 10.8. The van der Waals surface area contributed by atoms with E-state index in [1.807, 2.05) is 18.2 Å². The Kier molecular flexibility index (Phi) is 7.88.